The Labute approximate surface area is 236 Å². The molecule has 2 aromatic carbocycles. The Morgan fingerprint density at radius 3 is 2.08 bits per heavy atom. The van der Waals surface area contributed by atoms with Crippen molar-refractivity contribution < 1.29 is 37.4 Å². The fourth-order valence-electron chi connectivity index (χ4n) is 5.19. The zero-order valence-corrected chi connectivity index (χ0v) is 23.3. The molecule has 3 aliphatic rings. The summed E-state index contributed by atoms with van der Waals surface area (Å²) >= 11 is 5.69. The van der Waals surface area contributed by atoms with Gasteiger partial charge in [0.05, 0.1) is 10.6 Å². The Morgan fingerprint density at radius 2 is 1.50 bits per heavy atom. The maximum Gasteiger partial charge on any atom is 0.409 e. The highest BCUT2D eigenvalue weighted by molar-refractivity contribution is 6.30. The summed E-state index contributed by atoms with van der Waals surface area (Å²) in [4.78, 5) is 39.5. The molecule has 0 radical (unpaired) electrons. The number of hydrogen-bond acceptors (Lipinski definition) is 6. The van der Waals surface area contributed by atoms with Crippen LogP contribution in [0.1, 0.15) is 37.7 Å². The van der Waals surface area contributed by atoms with Crippen LogP contribution in [0.15, 0.2) is 36.4 Å². The molecule has 2 aromatic rings. The SMILES string of the molecule is Cc1ccc(OCC(=O)NC23CCC(NC(=O)COc4ccc(Cl)c(F)c4)(CC2)C[C@@H]3OC(=O)N(C)C)cc1F. The van der Waals surface area contributed by atoms with Gasteiger partial charge in [0, 0.05) is 38.2 Å². The van der Waals surface area contributed by atoms with Gasteiger partial charge in [0.25, 0.3) is 11.8 Å². The number of rotatable bonds is 9. The van der Waals surface area contributed by atoms with Crippen LogP contribution in [0.5, 0.6) is 11.5 Å². The van der Waals surface area contributed by atoms with Gasteiger partial charge in [-0.05, 0) is 56.4 Å². The van der Waals surface area contributed by atoms with Crippen LogP contribution in [-0.2, 0) is 14.3 Å². The number of halogens is 3. The lowest BCUT2D eigenvalue weighted by Crippen LogP contribution is -2.71. The number of benzene rings is 2. The molecular formula is C28H32ClF2N3O6. The van der Waals surface area contributed by atoms with E-state index in [9.17, 15) is 23.2 Å². The van der Waals surface area contributed by atoms with Crippen LogP contribution in [-0.4, -0.2) is 67.3 Å². The van der Waals surface area contributed by atoms with E-state index in [4.69, 9.17) is 25.8 Å². The van der Waals surface area contributed by atoms with Gasteiger partial charge in [0.15, 0.2) is 13.2 Å². The Morgan fingerprint density at radius 1 is 0.925 bits per heavy atom. The summed E-state index contributed by atoms with van der Waals surface area (Å²) in [5.41, 5.74) is -1.06. The molecule has 0 aromatic heterocycles. The molecule has 12 heteroatoms. The molecule has 0 unspecified atom stereocenters. The maximum atomic E-state index is 13.8. The summed E-state index contributed by atoms with van der Waals surface area (Å²) < 4.78 is 44.2. The van der Waals surface area contributed by atoms with Gasteiger partial charge in [-0.25, -0.2) is 13.6 Å². The summed E-state index contributed by atoms with van der Waals surface area (Å²) in [5.74, 6) is -1.55. The number of fused-ring (bicyclic) bond motifs is 3. The van der Waals surface area contributed by atoms with Gasteiger partial charge in [-0.3, -0.25) is 9.59 Å². The quantitative estimate of drug-likeness (QED) is 0.463. The molecule has 5 rings (SSSR count). The molecular weight excluding hydrogens is 548 g/mol. The summed E-state index contributed by atoms with van der Waals surface area (Å²) in [7, 11) is 3.11. The summed E-state index contributed by atoms with van der Waals surface area (Å²) in [5, 5.41) is 5.96. The van der Waals surface area contributed by atoms with Gasteiger partial charge >= 0.3 is 6.09 Å². The molecule has 1 atom stereocenters. The lowest BCUT2D eigenvalue weighted by atomic mass is 9.59. The second kappa shape index (κ2) is 11.9. The minimum absolute atomic E-state index is 0.0513. The van der Waals surface area contributed by atoms with Gasteiger partial charge in [-0.1, -0.05) is 17.7 Å². The molecule has 3 saturated carbocycles. The molecule has 0 aliphatic heterocycles. The first-order chi connectivity index (χ1) is 18.9. The van der Waals surface area contributed by atoms with Crippen molar-refractivity contribution in [3.05, 3.63) is 58.6 Å². The lowest BCUT2D eigenvalue weighted by molar-refractivity contribution is -0.137. The monoisotopic (exact) mass is 579 g/mol. The zero-order chi connectivity index (χ0) is 29.1. The van der Waals surface area contributed by atoms with Gasteiger partial charge < -0.3 is 29.7 Å². The summed E-state index contributed by atoms with van der Waals surface area (Å²) in [6.07, 6.45) is 0.894. The van der Waals surface area contributed by atoms with E-state index in [2.05, 4.69) is 10.6 Å². The molecule has 0 spiro atoms. The molecule has 40 heavy (non-hydrogen) atoms. The average Bonchev–Trinajstić information content (AvgIpc) is 2.91. The fraction of sp³-hybridized carbons (Fsp3) is 0.464. The van der Waals surface area contributed by atoms with Crippen LogP contribution in [0.3, 0.4) is 0 Å². The van der Waals surface area contributed by atoms with Gasteiger partial charge in [0.1, 0.15) is 29.2 Å². The van der Waals surface area contributed by atoms with Gasteiger partial charge in [-0.2, -0.15) is 0 Å². The number of carbonyl (C=O) groups excluding carboxylic acids is 3. The minimum Gasteiger partial charge on any atom is -0.484 e. The van der Waals surface area contributed by atoms with E-state index >= 15 is 0 Å². The van der Waals surface area contributed by atoms with Crippen LogP contribution in [0, 0.1) is 18.6 Å². The predicted molar refractivity (Wildman–Crippen MR) is 142 cm³/mol. The Hall–Kier alpha value is -3.60. The van der Waals surface area contributed by atoms with Crippen molar-refractivity contribution in [3.63, 3.8) is 0 Å². The van der Waals surface area contributed by atoms with Gasteiger partial charge in [-0.15, -0.1) is 0 Å². The number of amides is 3. The van der Waals surface area contributed by atoms with Crippen molar-refractivity contribution in [3.8, 4) is 11.5 Å². The number of carbonyl (C=O) groups is 3. The Balaban J connectivity index is 1.40. The zero-order valence-electron chi connectivity index (χ0n) is 22.5. The standard InChI is InChI=1S/C28H32ClF2N3O6/c1-17-4-5-18(12-21(17)30)39-16-25(36)33-28-10-8-27(9-11-28,14-23(28)40-26(37)34(2)3)32-24(35)15-38-19-6-7-20(29)22(31)13-19/h4-7,12-13,23H,8-11,14-16H2,1-3H3,(H,32,35)(H,33,36)/t23-,27?,28?/m0/s1. The van der Waals surface area contributed by atoms with E-state index in [1.165, 1.54) is 23.1 Å². The number of ether oxygens (including phenoxy) is 3. The molecule has 216 valence electrons. The molecule has 3 amide bonds. The summed E-state index contributed by atoms with van der Waals surface area (Å²) in [6.45, 7) is 0.940. The predicted octanol–water partition coefficient (Wildman–Crippen LogP) is 4.14. The van der Waals surface area contributed by atoms with E-state index in [1.807, 2.05) is 0 Å². The van der Waals surface area contributed by atoms with E-state index in [0.29, 0.717) is 31.2 Å². The first-order valence-electron chi connectivity index (χ1n) is 12.9. The smallest absolute Gasteiger partial charge is 0.409 e. The van der Waals surface area contributed by atoms with E-state index in [1.54, 1.807) is 33.2 Å². The van der Waals surface area contributed by atoms with E-state index < -0.39 is 46.7 Å². The highest BCUT2D eigenvalue weighted by Crippen LogP contribution is 2.48. The molecule has 0 saturated heterocycles. The number of nitrogens with one attached hydrogen (secondary N) is 2. The second-order valence-corrected chi connectivity index (χ2v) is 11.0. The second-order valence-electron chi connectivity index (χ2n) is 10.6. The van der Waals surface area contributed by atoms with Gasteiger partial charge in [0.2, 0.25) is 0 Å². The third-order valence-corrected chi connectivity index (χ3v) is 7.77. The fourth-order valence-corrected chi connectivity index (χ4v) is 5.31. The normalized spacial score (nSPS) is 23.2. The van der Waals surface area contributed by atoms with Crippen molar-refractivity contribution in [1.29, 1.82) is 0 Å². The molecule has 0 heterocycles. The first kappa shape index (κ1) is 29.4. The maximum absolute atomic E-state index is 13.8. The average molecular weight is 580 g/mol. The third kappa shape index (κ3) is 6.75. The van der Waals surface area contributed by atoms with E-state index in [-0.39, 0.29) is 36.2 Å². The van der Waals surface area contributed by atoms with Crippen molar-refractivity contribution in [2.45, 2.75) is 56.2 Å². The van der Waals surface area contributed by atoms with Crippen LogP contribution in [0.2, 0.25) is 5.02 Å². The van der Waals surface area contributed by atoms with E-state index in [0.717, 1.165) is 6.07 Å². The molecule has 2 N–H and O–H groups in total. The molecule has 2 bridgehead atoms. The third-order valence-electron chi connectivity index (χ3n) is 7.47. The van der Waals surface area contributed by atoms with Crippen molar-refractivity contribution in [1.82, 2.24) is 15.5 Å². The van der Waals surface area contributed by atoms with Crippen molar-refractivity contribution in [2.24, 2.45) is 0 Å². The minimum atomic E-state index is -0.853. The Bertz CT molecular complexity index is 1280. The molecule has 3 aliphatic carbocycles. The highest BCUT2D eigenvalue weighted by Gasteiger charge is 2.57. The first-order valence-corrected chi connectivity index (χ1v) is 13.2. The van der Waals surface area contributed by atoms with Crippen LogP contribution >= 0.6 is 11.6 Å². The molecule has 9 nitrogen and oxygen atoms in total. The highest BCUT2D eigenvalue weighted by atomic mass is 35.5. The lowest BCUT2D eigenvalue weighted by Gasteiger charge is -2.57. The molecule has 3 fully saturated rings. The number of hydrogen-bond donors (Lipinski definition) is 2. The van der Waals surface area contributed by atoms with Crippen LogP contribution in [0.25, 0.3) is 0 Å². The number of nitrogens with zero attached hydrogens (tertiary/aromatic N) is 1. The Kier molecular flexibility index (Phi) is 8.72. The largest absolute Gasteiger partial charge is 0.484 e. The number of aryl methyl sites for hydroxylation is 1. The van der Waals surface area contributed by atoms with Crippen LogP contribution < -0.4 is 20.1 Å². The topological polar surface area (TPSA) is 106 Å². The van der Waals surface area contributed by atoms with Crippen molar-refractivity contribution >= 4 is 29.5 Å². The van der Waals surface area contributed by atoms with Crippen LogP contribution in [0.4, 0.5) is 13.6 Å². The summed E-state index contributed by atoms with van der Waals surface area (Å²) in [6, 6.07) is 8.26. The van der Waals surface area contributed by atoms with Crippen molar-refractivity contribution in [2.75, 3.05) is 27.3 Å².